The van der Waals surface area contributed by atoms with Crippen LogP contribution in [-0.2, 0) is 35.3 Å². The lowest BCUT2D eigenvalue weighted by Gasteiger charge is -2.50. The van der Waals surface area contributed by atoms with Gasteiger partial charge in [-0.15, -0.1) is 0 Å². The first kappa shape index (κ1) is 33.1. The van der Waals surface area contributed by atoms with Gasteiger partial charge in [-0.25, -0.2) is 19.3 Å². The van der Waals surface area contributed by atoms with Gasteiger partial charge in [-0.1, -0.05) is 43.2 Å². The lowest BCUT2D eigenvalue weighted by molar-refractivity contribution is -0.205. The summed E-state index contributed by atoms with van der Waals surface area (Å²) in [5, 5.41) is 11.5. The van der Waals surface area contributed by atoms with Crippen LogP contribution in [0.2, 0.25) is 0 Å². The van der Waals surface area contributed by atoms with E-state index in [9.17, 15) is 29.1 Å². The van der Waals surface area contributed by atoms with E-state index in [-0.39, 0.29) is 13.0 Å². The summed E-state index contributed by atoms with van der Waals surface area (Å²) >= 11 is 17.1. The third kappa shape index (κ3) is 7.13. The van der Waals surface area contributed by atoms with E-state index in [0.717, 1.165) is 27.7 Å². The SMILES string of the molecule is CC(C)(C)OC(=O)N1C[C@H](N(OCc2ccccc2)C(=O)OC(Cl)(Cl)Cl)CC[C@]1(C(=O)O)N1C(=O)C2CCCCC2C1=O. The molecule has 2 saturated heterocycles. The summed E-state index contributed by atoms with van der Waals surface area (Å²) in [5.74, 6) is -4.20. The molecule has 236 valence electrons. The Morgan fingerprint density at radius 1 is 0.977 bits per heavy atom. The molecule has 0 spiro atoms. The number of rotatable bonds is 6. The Morgan fingerprint density at radius 3 is 2.07 bits per heavy atom. The van der Waals surface area contributed by atoms with Crippen molar-refractivity contribution < 1.29 is 43.4 Å². The predicted molar refractivity (Wildman–Crippen MR) is 153 cm³/mol. The molecule has 1 saturated carbocycles. The molecule has 3 fully saturated rings. The maximum atomic E-state index is 13.7. The molecule has 2 unspecified atom stereocenters. The molecule has 15 heteroatoms. The largest absolute Gasteiger partial charge is 0.478 e. The number of fused-ring (bicyclic) bond motifs is 1. The maximum Gasteiger partial charge on any atom is 0.437 e. The van der Waals surface area contributed by atoms with E-state index in [1.54, 1.807) is 51.1 Å². The molecule has 4 amide bonds. The molecular weight excluding hydrogens is 629 g/mol. The summed E-state index contributed by atoms with van der Waals surface area (Å²) in [4.78, 5) is 74.7. The van der Waals surface area contributed by atoms with E-state index < -0.39 is 76.1 Å². The van der Waals surface area contributed by atoms with Crippen molar-refractivity contribution >= 4 is 64.8 Å². The number of carboxylic acid groups (broad SMARTS) is 1. The normalized spacial score (nSPS) is 26.1. The summed E-state index contributed by atoms with van der Waals surface area (Å²) in [6.07, 6.45) is -0.548. The number of piperidine rings is 1. The predicted octanol–water partition coefficient (Wildman–Crippen LogP) is 5.24. The number of hydrogen-bond acceptors (Lipinski definition) is 8. The van der Waals surface area contributed by atoms with Crippen LogP contribution >= 0.6 is 34.8 Å². The van der Waals surface area contributed by atoms with Crippen molar-refractivity contribution in [3.8, 4) is 0 Å². The fraction of sp³-hybridized carbons (Fsp3) is 0.607. The Morgan fingerprint density at radius 2 is 1.56 bits per heavy atom. The fourth-order valence-electron chi connectivity index (χ4n) is 5.94. The Labute approximate surface area is 264 Å². The first-order valence-corrected chi connectivity index (χ1v) is 15.1. The molecule has 2 heterocycles. The van der Waals surface area contributed by atoms with Crippen LogP contribution in [-0.4, -0.2) is 77.8 Å². The molecule has 43 heavy (non-hydrogen) atoms. The summed E-state index contributed by atoms with van der Waals surface area (Å²) in [7, 11) is 0. The highest BCUT2D eigenvalue weighted by molar-refractivity contribution is 6.66. The zero-order valence-corrected chi connectivity index (χ0v) is 26.2. The van der Waals surface area contributed by atoms with Gasteiger partial charge >= 0.3 is 22.1 Å². The second-order valence-electron chi connectivity index (χ2n) is 11.8. The number of aliphatic carboxylic acids is 1. The summed E-state index contributed by atoms with van der Waals surface area (Å²) in [6, 6.07) is 7.74. The van der Waals surface area contributed by atoms with Crippen LogP contribution in [0.15, 0.2) is 30.3 Å². The molecule has 1 aromatic carbocycles. The molecule has 1 aliphatic carbocycles. The van der Waals surface area contributed by atoms with Crippen molar-refractivity contribution in [1.82, 2.24) is 14.9 Å². The second kappa shape index (κ2) is 12.7. The average Bonchev–Trinajstić information content (AvgIpc) is 3.17. The number of alkyl halides is 3. The van der Waals surface area contributed by atoms with E-state index in [1.807, 2.05) is 0 Å². The number of carbonyl (C=O) groups excluding carboxylic acids is 4. The standard InChI is InChI=1S/C28H34Cl3N3O9/c1-26(2,3)42-24(39)32-15-18(34(25(40)43-28(29,30)31)41-16-17-9-5-4-6-10-17)13-14-27(32,23(37)38)33-21(35)19-11-7-8-12-20(19)22(33)36/h4-6,9-10,18-20H,7-8,11-16H2,1-3H3,(H,37,38)/t18-,19?,20?,27-/m1/s1. The first-order valence-electron chi connectivity index (χ1n) is 13.9. The minimum atomic E-state index is -2.46. The molecule has 4 atom stereocenters. The van der Waals surface area contributed by atoms with Crippen LogP contribution in [0, 0.1) is 11.8 Å². The van der Waals surface area contributed by atoms with E-state index in [4.69, 9.17) is 49.1 Å². The minimum absolute atomic E-state index is 0.130. The highest BCUT2D eigenvalue weighted by Gasteiger charge is 2.65. The molecule has 2 aliphatic heterocycles. The van der Waals surface area contributed by atoms with Crippen LogP contribution in [0.3, 0.4) is 0 Å². The average molecular weight is 663 g/mol. The highest BCUT2D eigenvalue weighted by Crippen LogP contribution is 2.45. The molecule has 0 radical (unpaired) electrons. The van der Waals surface area contributed by atoms with Gasteiger partial charge in [-0.2, -0.15) is 5.06 Å². The Bertz CT molecular complexity index is 1230. The number of carbonyl (C=O) groups is 5. The number of amides is 4. The van der Waals surface area contributed by atoms with Gasteiger partial charge in [0.15, 0.2) is 0 Å². The van der Waals surface area contributed by atoms with Crippen LogP contribution in [0.25, 0.3) is 0 Å². The summed E-state index contributed by atoms with van der Waals surface area (Å²) < 4.78 is 8.01. The van der Waals surface area contributed by atoms with Crippen molar-refractivity contribution in [2.24, 2.45) is 11.8 Å². The van der Waals surface area contributed by atoms with Gasteiger partial charge in [0.05, 0.1) is 24.4 Å². The van der Waals surface area contributed by atoms with Gasteiger partial charge in [0.25, 0.3) is 0 Å². The smallest absolute Gasteiger partial charge is 0.437 e. The van der Waals surface area contributed by atoms with Gasteiger partial charge in [0.2, 0.25) is 17.5 Å². The number of hydroxylamine groups is 2. The van der Waals surface area contributed by atoms with Crippen LogP contribution in [0.5, 0.6) is 0 Å². The maximum absolute atomic E-state index is 13.7. The molecule has 3 aliphatic rings. The van der Waals surface area contributed by atoms with Crippen molar-refractivity contribution in [3.05, 3.63) is 35.9 Å². The number of hydrogen-bond donors (Lipinski definition) is 1. The van der Waals surface area contributed by atoms with Gasteiger partial charge in [0, 0.05) is 6.42 Å². The third-order valence-electron chi connectivity index (χ3n) is 7.76. The van der Waals surface area contributed by atoms with Gasteiger partial charge in [-0.3, -0.25) is 19.3 Å². The monoisotopic (exact) mass is 661 g/mol. The number of likely N-dealkylation sites (tertiary alicyclic amines) is 2. The lowest BCUT2D eigenvalue weighted by atomic mass is 9.81. The van der Waals surface area contributed by atoms with Crippen LogP contribution in [0.1, 0.15) is 64.9 Å². The molecular formula is C28H34Cl3N3O9. The van der Waals surface area contributed by atoms with Gasteiger partial charge in [0.1, 0.15) is 12.2 Å². The number of carboxylic acids is 1. The Balaban J connectivity index is 1.73. The van der Waals surface area contributed by atoms with Crippen molar-refractivity contribution in [2.75, 3.05) is 6.54 Å². The van der Waals surface area contributed by atoms with Crippen molar-refractivity contribution in [1.29, 1.82) is 0 Å². The van der Waals surface area contributed by atoms with Crippen LogP contribution < -0.4 is 0 Å². The number of ether oxygens (including phenoxy) is 2. The quantitative estimate of drug-likeness (QED) is 0.246. The van der Waals surface area contributed by atoms with E-state index >= 15 is 0 Å². The van der Waals surface area contributed by atoms with Crippen molar-refractivity contribution in [2.45, 2.75) is 87.2 Å². The highest BCUT2D eigenvalue weighted by atomic mass is 35.6. The van der Waals surface area contributed by atoms with E-state index in [0.29, 0.717) is 18.4 Å². The number of halogens is 3. The summed E-state index contributed by atoms with van der Waals surface area (Å²) in [6.45, 7) is 4.11. The first-order chi connectivity index (χ1) is 20.0. The molecule has 12 nitrogen and oxygen atoms in total. The molecule has 1 aromatic rings. The Hall–Kier alpha value is -2.80. The van der Waals surface area contributed by atoms with E-state index in [1.165, 1.54) is 0 Å². The topological polar surface area (TPSA) is 143 Å². The van der Waals surface area contributed by atoms with Gasteiger partial charge < -0.3 is 14.6 Å². The lowest BCUT2D eigenvalue weighted by Crippen LogP contribution is -2.73. The number of benzene rings is 1. The molecule has 0 bridgehead atoms. The molecule has 0 aromatic heterocycles. The second-order valence-corrected chi connectivity index (χ2v) is 14.0. The van der Waals surface area contributed by atoms with Gasteiger partial charge in [-0.05, 0) is 80.4 Å². The third-order valence-corrected chi connectivity index (χ3v) is 7.99. The zero-order chi connectivity index (χ0) is 31.7. The summed E-state index contributed by atoms with van der Waals surface area (Å²) in [5.41, 5.74) is -2.81. The fourth-order valence-corrected chi connectivity index (χ4v) is 6.13. The van der Waals surface area contributed by atoms with Crippen molar-refractivity contribution in [3.63, 3.8) is 0 Å². The van der Waals surface area contributed by atoms with E-state index in [2.05, 4.69) is 0 Å². The number of imide groups is 1. The Kier molecular flexibility index (Phi) is 9.75. The number of nitrogens with zero attached hydrogens (tertiary/aromatic N) is 3. The minimum Gasteiger partial charge on any atom is -0.478 e. The van der Waals surface area contributed by atoms with Crippen LogP contribution in [0.4, 0.5) is 9.59 Å². The molecule has 1 N–H and O–H groups in total. The molecule has 4 rings (SSSR count). The zero-order valence-electron chi connectivity index (χ0n) is 24.0.